The van der Waals surface area contributed by atoms with E-state index in [0.717, 1.165) is 24.5 Å². The monoisotopic (exact) mass is 271 g/mol. The first kappa shape index (κ1) is 13.2. The average molecular weight is 271 g/mol. The number of hydrogen-bond acceptors (Lipinski definition) is 4. The third-order valence-electron chi connectivity index (χ3n) is 3.55. The van der Waals surface area contributed by atoms with Crippen LogP contribution in [0.5, 0.6) is 0 Å². The van der Waals surface area contributed by atoms with E-state index < -0.39 is 0 Å². The Morgan fingerprint density at radius 2 is 2.25 bits per heavy atom. The number of oxazole rings is 1. The maximum atomic E-state index is 5.64. The summed E-state index contributed by atoms with van der Waals surface area (Å²) >= 11 is 0. The van der Waals surface area contributed by atoms with E-state index in [1.54, 1.807) is 6.26 Å². The summed E-state index contributed by atoms with van der Waals surface area (Å²) in [6.07, 6.45) is 4.33. The van der Waals surface area contributed by atoms with Gasteiger partial charge in [0.25, 0.3) is 0 Å². The van der Waals surface area contributed by atoms with Crippen LogP contribution >= 0.6 is 0 Å². The molecule has 1 aromatic heterocycles. The Morgan fingerprint density at radius 3 is 2.95 bits per heavy atom. The van der Waals surface area contributed by atoms with Gasteiger partial charge in [0.2, 0.25) is 0 Å². The maximum absolute atomic E-state index is 5.64. The number of rotatable bonds is 6. The van der Waals surface area contributed by atoms with Crippen molar-refractivity contribution in [2.75, 3.05) is 11.4 Å². The Morgan fingerprint density at radius 1 is 1.40 bits per heavy atom. The van der Waals surface area contributed by atoms with Gasteiger partial charge in [-0.25, -0.2) is 0 Å². The lowest BCUT2D eigenvalue weighted by molar-refractivity contribution is 0.552. The van der Waals surface area contributed by atoms with E-state index in [2.05, 4.69) is 53.3 Å². The van der Waals surface area contributed by atoms with E-state index in [1.807, 2.05) is 0 Å². The van der Waals surface area contributed by atoms with Gasteiger partial charge in [0.1, 0.15) is 6.26 Å². The van der Waals surface area contributed by atoms with E-state index >= 15 is 0 Å². The molecule has 0 spiro atoms. The molecule has 1 saturated carbocycles. The lowest BCUT2D eigenvalue weighted by Gasteiger charge is -2.18. The second-order valence-electron chi connectivity index (χ2n) is 5.36. The highest BCUT2D eigenvalue weighted by Gasteiger charge is 2.21. The third-order valence-corrected chi connectivity index (χ3v) is 3.55. The first-order valence-electron chi connectivity index (χ1n) is 7.28. The Hall–Kier alpha value is -1.81. The molecule has 0 radical (unpaired) electrons. The minimum atomic E-state index is 0.672. The standard InChI is InChI=1S/C16H21N3O/c1-3-19(15-6-4-5-12(2)9-15)16-18-14(11-20-16)10-17-13-7-8-13/h4-6,9,11,13,17H,3,7-8,10H2,1-2H3. The summed E-state index contributed by atoms with van der Waals surface area (Å²) in [5.74, 6) is 0. The lowest BCUT2D eigenvalue weighted by Crippen LogP contribution is -2.18. The fraction of sp³-hybridized carbons (Fsp3) is 0.438. The van der Waals surface area contributed by atoms with E-state index in [0.29, 0.717) is 12.1 Å². The molecule has 0 saturated heterocycles. The molecule has 0 amide bonds. The van der Waals surface area contributed by atoms with Gasteiger partial charge in [-0.05, 0) is 44.4 Å². The molecule has 3 rings (SSSR count). The molecule has 1 aliphatic rings. The molecular weight excluding hydrogens is 250 g/mol. The molecule has 1 N–H and O–H groups in total. The van der Waals surface area contributed by atoms with E-state index in [4.69, 9.17) is 4.42 Å². The summed E-state index contributed by atoms with van der Waals surface area (Å²) in [5, 5.41) is 3.45. The van der Waals surface area contributed by atoms with Gasteiger partial charge >= 0.3 is 6.01 Å². The Bertz CT molecular complexity index is 575. The quantitative estimate of drug-likeness (QED) is 0.874. The molecule has 4 nitrogen and oxygen atoms in total. The molecule has 0 aliphatic heterocycles. The predicted octanol–water partition coefficient (Wildman–Crippen LogP) is 3.39. The van der Waals surface area contributed by atoms with Crippen LogP contribution in [0, 0.1) is 6.92 Å². The SMILES string of the molecule is CCN(c1cccc(C)c1)c1nc(CNC2CC2)co1. The number of benzene rings is 1. The smallest absolute Gasteiger partial charge is 0.302 e. The summed E-state index contributed by atoms with van der Waals surface area (Å²) in [5.41, 5.74) is 3.33. The third kappa shape index (κ3) is 3.02. The van der Waals surface area contributed by atoms with Crippen molar-refractivity contribution in [3.8, 4) is 0 Å². The van der Waals surface area contributed by atoms with Crippen molar-refractivity contribution < 1.29 is 4.42 Å². The molecule has 20 heavy (non-hydrogen) atoms. The minimum Gasteiger partial charge on any atom is -0.431 e. The second-order valence-corrected chi connectivity index (χ2v) is 5.36. The number of aromatic nitrogens is 1. The number of nitrogens with one attached hydrogen (secondary N) is 1. The molecule has 0 atom stereocenters. The van der Waals surface area contributed by atoms with Crippen LogP contribution < -0.4 is 10.2 Å². The Kier molecular flexibility index (Phi) is 3.74. The highest BCUT2D eigenvalue weighted by atomic mass is 16.4. The van der Waals surface area contributed by atoms with Crippen molar-refractivity contribution in [3.63, 3.8) is 0 Å². The van der Waals surface area contributed by atoms with Crippen molar-refractivity contribution in [2.24, 2.45) is 0 Å². The van der Waals surface area contributed by atoms with Crippen molar-refractivity contribution in [1.82, 2.24) is 10.3 Å². The van der Waals surface area contributed by atoms with Crippen LogP contribution in [-0.4, -0.2) is 17.6 Å². The molecule has 1 heterocycles. The molecule has 0 bridgehead atoms. The van der Waals surface area contributed by atoms with Crippen LogP contribution in [0.2, 0.25) is 0 Å². The first-order valence-corrected chi connectivity index (χ1v) is 7.28. The van der Waals surface area contributed by atoms with E-state index in [-0.39, 0.29) is 0 Å². The van der Waals surface area contributed by atoms with E-state index in [9.17, 15) is 0 Å². The fourth-order valence-electron chi connectivity index (χ4n) is 2.26. The Labute approximate surface area is 119 Å². The summed E-state index contributed by atoms with van der Waals surface area (Å²) in [4.78, 5) is 6.67. The number of hydrogen-bond donors (Lipinski definition) is 1. The first-order chi connectivity index (χ1) is 9.76. The van der Waals surface area contributed by atoms with Crippen molar-refractivity contribution in [3.05, 3.63) is 41.8 Å². The van der Waals surface area contributed by atoms with Crippen LogP contribution in [0.4, 0.5) is 11.7 Å². The summed E-state index contributed by atoms with van der Waals surface area (Å²) in [7, 11) is 0. The van der Waals surface area contributed by atoms with Crippen molar-refractivity contribution >= 4 is 11.7 Å². The molecule has 2 aromatic rings. The molecule has 1 aromatic carbocycles. The van der Waals surface area contributed by atoms with Gasteiger partial charge < -0.3 is 9.73 Å². The van der Waals surface area contributed by atoms with Crippen molar-refractivity contribution in [2.45, 2.75) is 39.3 Å². The van der Waals surface area contributed by atoms with Crippen LogP contribution in [0.15, 0.2) is 34.9 Å². The van der Waals surface area contributed by atoms with Gasteiger partial charge in [-0.15, -0.1) is 0 Å². The molecule has 4 heteroatoms. The zero-order valence-corrected chi connectivity index (χ0v) is 12.1. The Balaban J connectivity index is 1.74. The van der Waals surface area contributed by atoms with Gasteiger partial charge in [0.05, 0.1) is 5.69 Å². The normalized spacial score (nSPS) is 14.5. The fourth-order valence-corrected chi connectivity index (χ4v) is 2.26. The highest BCUT2D eigenvalue weighted by molar-refractivity contribution is 5.57. The van der Waals surface area contributed by atoms with Crippen LogP contribution in [0.25, 0.3) is 0 Å². The maximum Gasteiger partial charge on any atom is 0.302 e. The molecule has 1 aliphatic carbocycles. The van der Waals surface area contributed by atoms with Gasteiger partial charge in [-0.1, -0.05) is 12.1 Å². The molecule has 0 unspecified atom stereocenters. The molecule has 106 valence electrons. The van der Waals surface area contributed by atoms with Gasteiger partial charge in [-0.3, -0.25) is 4.90 Å². The topological polar surface area (TPSA) is 41.3 Å². The molecule has 1 fully saturated rings. The number of aryl methyl sites for hydroxylation is 1. The van der Waals surface area contributed by atoms with Gasteiger partial charge in [-0.2, -0.15) is 4.98 Å². The van der Waals surface area contributed by atoms with Gasteiger partial charge in [0.15, 0.2) is 0 Å². The zero-order valence-electron chi connectivity index (χ0n) is 12.1. The molecular formula is C16H21N3O. The average Bonchev–Trinajstić information content (AvgIpc) is 3.16. The van der Waals surface area contributed by atoms with Gasteiger partial charge in [0, 0.05) is 24.8 Å². The van der Waals surface area contributed by atoms with Crippen molar-refractivity contribution in [1.29, 1.82) is 0 Å². The zero-order chi connectivity index (χ0) is 13.9. The minimum absolute atomic E-state index is 0.672. The lowest BCUT2D eigenvalue weighted by atomic mass is 10.2. The van der Waals surface area contributed by atoms with Crippen LogP contribution in [-0.2, 0) is 6.54 Å². The summed E-state index contributed by atoms with van der Waals surface area (Å²) < 4.78 is 5.64. The number of nitrogens with zero attached hydrogens (tertiary/aromatic N) is 2. The number of anilines is 2. The van der Waals surface area contributed by atoms with Crippen LogP contribution in [0.3, 0.4) is 0 Å². The largest absolute Gasteiger partial charge is 0.431 e. The van der Waals surface area contributed by atoms with E-state index in [1.165, 1.54) is 18.4 Å². The summed E-state index contributed by atoms with van der Waals surface area (Å²) in [6.45, 7) is 5.82. The summed E-state index contributed by atoms with van der Waals surface area (Å²) in [6, 6.07) is 9.75. The van der Waals surface area contributed by atoms with Crippen LogP contribution in [0.1, 0.15) is 31.0 Å². The second kappa shape index (κ2) is 5.67. The predicted molar refractivity (Wildman–Crippen MR) is 80.2 cm³/mol. The highest BCUT2D eigenvalue weighted by Crippen LogP contribution is 2.25.